The monoisotopic (exact) mass is 241 g/mol. The molecule has 0 saturated heterocycles. The fraction of sp³-hybridized carbons (Fsp3) is 0.143. The van der Waals surface area contributed by atoms with Crippen molar-refractivity contribution in [3.63, 3.8) is 0 Å². The quantitative estimate of drug-likeness (QED) is 0.556. The van der Waals surface area contributed by atoms with Crippen molar-refractivity contribution in [1.29, 1.82) is 0 Å². The van der Waals surface area contributed by atoms with Gasteiger partial charge in [-0.2, -0.15) is 0 Å². The summed E-state index contributed by atoms with van der Waals surface area (Å²) in [5.41, 5.74) is 11.0. The first-order valence-electron chi connectivity index (χ1n) is 5.88. The molecule has 0 saturated carbocycles. The van der Waals surface area contributed by atoms with Crippen LogP contribution in [0.3, 0.4) is 0 Å². The molecule has 2 heterocycles. The van der Waals surface area contributed by atoms with Gasteiger partial charge < -0.3 is 20.8 Å². The van der Waals surface area contributed by atoms with Crippen LogP contribution in [-0.2, 0) is 6.54 Å². The maximum Gasteiger partial charge on any atom is 0.117 e. The average Bonchev–Trinajstić information content (AvgIpc) is 2.91. The number of aryl methyl sites for hydroxylation is 1. The van der Waals surface area contributed by atoms with Crippen LogP contribution in [0.25, 0.3) is 22.2 Å². The summed E-state index contributed by atoms with van der Waals surface area (Å²) in [5.74, 6) is 0.265. The Bertz CT molecular complexity index is 709. The molecule has 1 aromatic carbocycles. The third kappa shape index (κ3) is 1.58. The Morgan fingerprint density at radius 1 is 1.28 bits per heavy atom. The second kappa shape index (κ2) is 3.92. The highest BCUT2D eigenvalue weighted by molar-refractivity contribution is 5.95. The van der Waals surface area contributed by atoms with E-state index in [-0.39, 0.29) is 5.75 Å². The van der Waals surface area contributed by atoms with E-state index in [0.29, 0.717) is 6.54 Å². The lowest BCUT2D eigenvalue weighted by Crippen LogP contribution is -1.95. The minimum Gasteiger partial charge on any atom is -0.508 e. The van der Waals surface area contributed by atoms with Crippen LogP contribution < -0.4 is 5.73 Å². The third-order valence-electron chi connectivity index (χ3n) is 3.30. The number of fused-ring (bicyclic) bond motifs is 1. The van der Waals surface area contributed by atoms with Crippen molar-refractivity contribution in [2.24, 2.45) is 5.73 Å². The van der Waals surface area contributed by atoms with E-state index in [9.17, 15) is 5.11 Å². The van der Waals surface area contributed by atoms with E-state index in [1.807, 2.05) is 19.2 Å². The Kier molecular flexibility index (Phi) is 2.38. The van der Waals surface area contributed by atoms with Crippen molar-refractivity contribution in [3.05, 3.63) is 41.7 Å². The zero-order valence-electron chi connectivity index (χ0n) is 10.1. The standard InChI is InChI=1S/C14H15N3O/c1-8-9(6-15)4-14(17-8)12-7-16-13-5-10(18)2-3-11(12)13/h2-5,7,16-18H,6,15H2,1H3. The SMILES string of the molecule is Cc1[nH]c(-c2c[nH]c3cc(O)ccc23)cc1CN. The summed E-state index contributed by atoms with van der Waals surface area (Å²) in [6.07, 6.45) is 1.94. The number of aromatic hydroxyl groups is 1. The molecule has 0 bridgehead atoms. The largest absolute Gasteiger partial charge is 0.508 e. The molecule has 2 aromatic heterocycles. The van der Waals surface area contributed by atoms with Gasteiger partial charge in [-0.3, -0.25) is 0 Å². The van der Waals surface area contributed by atoms with Gasteiger partial charge in [-0.15, -0.1) is 0 Å². The molecule has 3 aromatic rings. The Morgan fingerprint density at radius 3 is 2.83 bits per heavy atom. The van der Waals surface area contributed by atoms with Gasteiger partial charge in [0.25, 0.3) is 0 Å². The lowest BCUT2D eigenvalue weighted by Gasteiger charge is -1.96. The van der Waals surface area contributed by atoms with Crippen LogP contribution in [0, 0.1) is 6.92 Å². The van der Waals surface area contributed by atoms with E-state index >= 15 is 0 Å². The Labute approximate surface area is 104 Å². The minimum absolute atomic E-state index is 0.265. The molecule has 0 radical (unpaired) electrons. The molecular weight excluding hydrogens is 226 g/mol. The maximum atomic E-state index is 9.45. The van der Waals surface area contributed by atoms with Crippen molar-refractivity contribution in [2.45, 2.75) is 13.5 Å². The number of benzene rings is 1. The van der Waals surface area contributed by atoms with Gasteiger partial charge in [-0.25, -0.2) is 0 Å². The second-order valence-corrected chi connectivity index (χ2v) is 4.47. The van der Waals surface area contributed by atoms with E-state index in [2.05, 4.69) is 16.0 Å². The van der Waals surface area contributed by atoms with Gasteiger partial charge >= 0.3 is 0 Å². The van der Waals surface area contributed by atoms with Crippen LogP contribution in [-0.4, -0.2) is 15.1 Å². The molecule has 0 aliphatic carbocycles. The van der Waals surface area contributed by atoms with Gasteiger partial charge in [0.1, 0.15) is 5.75 Å². The van der Waals surface area contributed by atoms with E-state index in [1.165, 1.54) is 0 Å². The fourth-order valence-electron chi connectivity index (χ4n) is 2.29. The third-order valence-corrected chi connectivity index (χ3v) is 3.30. The first kappa shape index (κ1) is 10.9. The normalized spacial score (nSPS) is 11.2. The highest BCUT2D eigenvalue weighted by atomic mass is 16.3. The van der Waals surface area contributed by atoms with Gasteiger partial charge in [-0.1, -0.05) is 0 Å². The van der Waals surface area contributed by atoms with Crippen molar-refractivity contribution >= 4 is 10.9 Å². The van der Waals surface area contributed by atoms with Crippen LogP contribution in [0.2, 0.25) is 0 Å². The summed E-state index contributed by atoms with van der Waals surface area (Å²) in [6.45, 7) is 2.55. The number of aromatic nitrogens is 2. The number of rotatable bonds is 2. The number of phenolic OH excluding ortho intramolecular Hbond substituents is 1. The molecule has 0 unspecified atom stereocenters. The number of H-pyrrole nitrogens is 2. The zero-order valence-corrected chi connectivity index (χ0v) is 10.1. The summed E-state index contributed by atoms with van der Waals surface area (Å²) >= 11 is 0. The topological polar surface area (TPSA) is 77.8 Å². The Hall–Kier alpha value is -2.20. The lowest BCUT2D eigenvalue weighted by molar-refractivity contribution is 0.476. The number of hydrogen-bond donors (Lipinski definition) is 4. The zero-order chi connectivity index (χ0) is 12.7. The predicted octanol–water partition coefficient (Wildman–Crippen LogP) is 2.64. The van der Waals surface area contributed by atoms with Crippen LogP contribution >= 0.6 is 0 Å². The summed E-state index contributed by atoms with van der Waals surface area (Å²) in [6, 6.07) is 7.40. The van der Waals surface area contributed by atoms with Crippen molar-refractivity contribution in [1.82, 2.24) is 9.97 Å². The molecule has 5 N–H and O–H groups in total. The molecule has 4 heteroatoms. The number of nitrogens with two attached hydrogens (primary N) is 1. The molecule has 0 spiro atoms. The van der Waals surface area contributed by atoms with E-state index < -0.39 is 0 Å². The molecule has 4 nitrogen and oxygen atoms in total. The molecule has 0 aliphatic heterocycles. The molecule has 0 fully saturated rings. The molecule has 92 valence electrons. The van der Waals surface area contributed by atoms with Crippen molar-refractivity contribution in [3.8, 4) is 17.0 Å². The predicted molar refractivity (Wildman–Crippen MR) is 72.4 cm³/mol. The van der Waals surface area contributed by atoms with E-state index in [1.54, 1.807) is 12.1 Å². The van der Waals surface area contributed by atoms with E-state index in [0.717, 1.165) is 33.4 Å². The fourth-order valence-corrected chi connectivity index (χ4v) is 2.29. The van der Waals surface area contributed by atoms with Gasteiger partial charge in [0.15, 0.2) is 0 Å². The molecular formula is C14H15N3O. The minimum atomic E-state index is 0.265. The Morgan fingerprint density at radius 2 is 2.11 bits per heavy atom. The van der Waals surface area contributed by atoms with Gasteiger partial charge in [0.05, 0.1) is 0 Å². The van der Waals surface area contributed by atoms with Crippen molar-refractivity contribution in [2.75, 3.05) is 0 Å². The number of nitrogens with one attached hydrogen (secondary N) is 2. The number of phenols is 1. The Balaban J connectivity index is 2.19. The van der Waals surface area contributed by atoms with Crippen molar-refractivity contribution < 1.29 is 5.11 Å². The smallest absolute Gasteiger partial charge is 0.117 e. The first-order valence-corrected chi connectivity index (χ1v) is 5.88. The molecule has 18 heavy (non-hydrogen) atoms. The van der Waals surface area contributed by atoms with Gasteiger partial charge in [-0.05, 0) is 30.7 Å². The van der Waals surface area contributed by atoms with Crippen LogP contribution in [0.5, 0.6) is 5.75 Å². The van der Waals surface area contributed by atoms with Crippen LogP contribution in [0.15, 0.2) is 30.5 Å². The number of hydrogen-bond acceptors (Lipinski definition) is 2. The molecule has 0 aliphatic rings. The second-order valence-electron chi connectivity index (χ2n) is 4.47. The molecule has 3 rings (SSSR count). The molecule has 0 atom stereocenters. The van der Waals surface area contributed by atoms with Crippen LogP contribution in [0.4, 0.5) is 0 Å². The van der Waals surface area contributed by atoms with Gasteiger partial charge in [0.2, 0.25) is 0 Å². The summed E-state index contributed by atoms with van der Waals surface area (Å²) in [5, 5.41) is 10.5. The summed E-state index contributed by atoms with van der Waals surface area (Å²) in [7, 11) is 0. The summed E-state index contributed by atoms with van der Waals surface area (Å²) < 4.78 is 0. The van der Waals surface area contributed by atoms with Crippen LogP contribution in [0.1, 0.15) is 11.3 Å². The maximum absolute atomic E-state index is 9.45. The first-order chi connectivity index (χ1) is 8.69. The average molecular weight is 241 g/mol. The van der Waals surface area contributed by atoms with E-state index in [4.69, 9.17) is 5.73 Å². The summed E-state index contributed by atoms with van der Waals surface area (Å²) in [4.78, 5) is 6.51. The molecule has 0 amide bonds. The van der Waals surface area contributed by atoms with Gasteiger partial charge in [0, 0.05) is 46.7 Å². The lowest BCUT2D eigenvalue weighted by atomic mass is 10.1. The highest BCUT2D eigenvalue weighted by Crippen LogP contribution is 2.30. The number of aromatic amines is 2. The highest BCUT2D eigenvalue weighted by Gasteiger charge is 2.10.